The number of piperidine rings is 1. The van der Waals surface area contributed by atoms with Crippen LogP contribution in [0.2, 0.25) is 0 Å². The third-order valence-corrected chi connectivity index (χ3v) is 4.81. The Hall–Kier alpha value is -1.67. The Labute approximate surface area is 126 Å². The van der Waals surface area contributed by atoms with Crippen LogP contribution in [0, 0.1) is 11.7 Å². The van der Waals surface area contributed by atoms with E-state index < -0.39 is 0 Å². The van der Waals surface area contributed by atoms with Crippen molar-refractivity contribution in [1.82, 2.24) is 5.32 Å². The molecule has 0 saturated carbocycles. The number of halogens is 1. The molecule has 3 unspecified atom stereocenters. The van der Waals surface area contributed by atoms with E-state index in [4.69, 9.17) is 0 Å². The van der Waals surface area contributed by atoms with Crippen LogP contribution in [0.3, 0.4) is 0 Å². The molecule has 1 aliphatic heterocycles. The molecular formula is C19H22FN. The zero-order chi connectivity index (χ0) is 14.7. The smallest absolute Gasteiger partial charge is 0.126 e. The third kappa shape index (κ3) is 3.01. The van der Waals surface area contributed by atoms with Crippen molar-refractivity contribution in [2.45, 2.75) is 25.2 Å². The Morgan fingerprint density at radius 2 is 1.76 bits per heavy atom. The summed E-state index contributed by atoms with van der Waals surface area (Å²) in [5.41, 5.74) is 2.21. The van der Waals surface area contributed by atoms with Crippen molar-refractivity contribution in [3.8, 4) is 0 Å². The second-order valence-corrected chi connectivity index (χ2v) is 5.98. The van der Waals surface area contributed by atoms with Crippen molar-refractivity contribution in [3.63, 3.8) is 0 Å². The lowest BCUT2D eigenvalue weighted by molar-refractivity contribution is 0.280. The maximum absolute atomic E-state index is 14.2. The highest BCUT2D eigenvalue weighted by Crippen LogP contribution is 2.40. The summed E-state index contributed by atoms with van der Waals surface area (Å²) in [5.74, 6) is 1.09. The van der Waals surface area contributed by atoms with Gasteiger partial charge in [-0.2, -0.15) is 0 Å². The van der Waals surface area contributed by atoms with Crippen LogP contribution in [0.15, 0.2) is 54.6 Å². The Balaban J connectivity index is 1.90. The van der Waals surface area contributed by atoms with Gasteiger partial charge in [-0.05, 0) is 42.0 Å². The topological polar surface area (TPSA) is 12.0 Å². The molecule has 3 rings (SSSR count). The molecule has 1 heterocycles. The highest BCUT2D eigenvalue weighted by atomic mass is 19.1. The summed E-state index contributed by atoms with van der Waals surface area (Å²) < 4.78 is 14.2. The van der Waals surface area contributed by atoms with Gasteiger partial charge in [0.15, 0.2) is 0 Å². The summed E-state index contributed by atoms with van der Waals surface area (Å²) >= 11 is 0. The van der Waals surface area contributed by atoms with Crippen LogP contribution in [-0.4, -0.2) is 13.1 Å². The van der Waals surface area contributed by atoms with Crippen LogP contribution >= 0.6 is 0 Å². The number of rotatable bonds is 3. The van der Waals surface area contributed by atoms with Crippen molar-refractivity contribution >= 4 is 0 Å². The molecule has 0 bridgehead atoms. The molecular weight excluding hydrogens is 261 g/mol. The standard InChI is InChI=1S/C19H22FN/c1-14(15-7-3-2-4-8-15)16-11-12-21-13-18(16)17-9-5-6-10-19(17)20/h2-10,14,16,18,21H,11-13H2,1H3. The molecule has 2 aromatic rings. The predicted octanol–water partition coefficient (Wildman–Crippen LogP) is 4.32. The fourth-order valence-electron chi connectivity index (χ4n) is 3.60. The van der Waals surface area contributed by atoms with E-state index in [1.165, 1.54) is 5.56 Å². The molecule has 21 heavy (non-hydrogen) atoms. The highest BCUT2D eigenvalue weighted by molar-refractivity contribution is 5.27. The molecule has 1 nitrogen and oxygen atoms in total. The summed E-state index contributed by atoms with van der Waals surface area (Å²) in [4.78, 5) is 0. The monoisotopic (exact) mass is 283 g/mol. The fourth-order valence-corrected chi connectivity index (χ4v) is 3.60. The minimum Gasteiger partial charge on any atom is -0.316 e. The van der Waals surface area contributed by atoms with Gasteiger partial charge in [0.05, 0.1) is 0 Å². The van der Waals surface area contributed by atoms with E-state index in [-0.39, 0.29) is 11.7 Å². The van der Waals surface area contributed by atoms with E-state index in [0.717, 1.165) is 25.1 Å². The van der Waals surface area contributed by atoms with Gasteiger partial charge in [0.1, 0.15) is 5.82 Å². The Morgan fingerprint density at radius 1 is 1.05 bits per heavy atom. The zero-order valence-corrected chi connectivity index (χ0v) is 12.4. The lowest BCUT2D eigenvalue weighted by atomic mass is 9.72. The van der Waals surface area contributed by atoms with E-state index in [1.54, 1.807) is 12.1 Å². The quantitative estimate of drug-likeness (QED) is 0.884. The van der Waals surface area contributed by atoms with Crippen molar-refractivity contribution in [2.75, 3.05) is 13.1 Å². The van der Waals surface area contributed by atoms with Gasteiger partial charge in [0.25, 0.3) is 0 Å². The third-order valence-electron chi connectivity index (χ3n) is 4.81. The molecule has 0 amide bonds. The first-order valence-corrected chi connectivity index (χ1v) is 7.77. The maximum Gasteiger partial charge on any atom is 0.126 e. The molecule has 2 heteroatoms. The average Bonchev–Trinajstić information content (AvgIpc) is 2.55. The summed E-state index contributed by atoms with van der Waals surface area (Å²) in [5, 5.41) is 3.43. The molecule has 110 valence electrons. The van der Waals surface area contributed by atoms with Crippen molar-refractivity contribution in [1.29, 1.82) is 0 Å². The summed E-state index contributed by atoms with van der Waals surface area (Å²) in [6.45, 7) is 4.16. The van der Waals surface area contributed by atoms with Crippen molar-refractivity contribution < 1.29 is 4.39 Å². The van der Waals surface area contributed by atoms with Gasteiger partial charge in [0, 0.05) is 12.5 Å². The van der Waals surface area contributed by atoms with Crippen LogP contribution in [-0.2, 0) is 0 Å². The summed E-state index contributed by atoms with van der Waals surface area (Å²) in [7, 11) is 0. The highest BCUT2D eigenvalue weighted by Gasteiger charge is 2.32. The molecule has 0 spiro atoms. The van der Waals surface area contributed by atoms with Crippen LogP contribution in [0.4, 0.5) is 4.39 Å². The second-order valence-electron chi connectivity index (χ2n) is 5.98. The normalized spacial score (nSPS) is 23.7. The molecule has 2 aromatic carbocycles. The minimum atomic E-state index is -0.0727. The molecule has 1 aliphatic rings. The van der Waals surface area contributed by atoms with Gasteiger partial charge < -0.3 is 5.32 Å². The number of hydrogen-bond donors (Lipinski definition) is 1. The second kappa shape index (κ2) is 6.40. The van der Waals surface area contributed by atoms with Gasteiger partial charge in [-0.15, -0.1) is 0 Å². The van der Waals surface area contributed by atoms with E-state index in [2.05, 4.69) is 36.5 Å². The van der Waals surface area contributed by atoms with E-state index in [9.17, 15) is 4.39 Å². The van der Waals surface area contributed by atoms with Gasteiger partial charge in [-0.3, -0.25) is 0 Å². The van der Waals surface area contributed by atoms with Crippen molar-refractivity contribution in [3.05, 3.63) is 71.5 Å². The first kappa shape index (κ1) is 14.3. The molecule has 1 fully saturated rings. The lowest BCUT2D eigenvalue weighted by Gasteiger charge is -2.37. The lowest BCUT2D eigenvalue weighted by Crippen LogP contribution is -2.37. The summed E-state index contributed by atoms with van der Waals surface area (Å²) in [6.07, 6.45) is 1.09. The van der Waals surface area contributed by atoms with Crippen LogP contribution in [0.5, 0.6) is 0 Å². The van der Waals surface area contributed by atoms with Gasteiger partial charge in [-0.25, -0.2) is 4.39 Å². The van der Waals surface area contributed by atoms with E-state index >= 15 is 0 Å². The largest absolute Gasteiger partial charge is 0.316 e. The Bertz CT molecular complexity index is 581. The van der Waals surface area contributed by atoms with Crippen molar-refractivity contribution in [2.24, 2.45) is 5.92 Å². The molecule has 0 aliphatic carbocycles. The van der Waals surface area contributed by atoms with Crippen LogP contribution < -0.4 is 5.32 Å². The van der Waals surface area contributed by atoms with Crippen LogP contribution in [0.25, 0.3) is 0 Å². The SMILES string of the molecule is CC(c1ccccc1)C1CCNCC1c1ccccc1F. The predicted molar refractivity (Wildman–Crippen MR) is 85.0 cm³/mol. The summed E-state index contributed by atoms with van der Waals surface area (Å²) in [6, 6.07) is 17.8. The van der Waals surface area contributed by atoms with E-state index in [1.807, 2.05) is 18.2 Å². The zero-order valence-electron chi connectivity index (χ0n) is 12.4. The first-order chi connectivity index (χ1) is 10.3. The number of hydrogen-bond acceptors (Lipinski definition) is 1. The van der Waals surface area contributed by atoms with Gasteiger partial charge in [-0.1, -0.05) is 55.5 Å². The minimum absolute atomic E-state index is 0.0727. The first-order valence-electron chi connectivity index (χ1n) is 7.77. The molecule has 0 aromatic heterocycles. The Morgan fingerprint density at radius 3 is 2.52 bits per heavy atom. The maximum atomic E-state index is 14.2. The molecule has 1 saturated heterocycles. The number of benzene rings is 2. The van der Waals surface area contributed by atoms with E-state index in [0.29, 0.717) is 11.8 Å². The van der Waals surface area contributed by atoms with Crippen LogP contribution in [0.1, 0.15) is 36.3 Å². The molecule has 3 atom stereocenters. The molecule has 0 radical (unpaired) electrons. The number of nitrogens with one attached hydrogen (secondary N) is 1. The Kier molecular flexibility index (Phi) is 4.35. The van der Waals surface area contributed by atoms with Gasteiger partial charge in [0.2, 0.25) is 0 Å². The average molecular weight is 283 g/mol. The fraction of sp³-hybridized carbons (Fsp3) is 0.368. The van der Waals surface area contributed by atoms with Gasteiger partial charge >= 0.3 is 0 Å². The molecule has 1 N–H and O–H groups in total.